The molecule has 1 aromatic carbocycles. The molecule has 168 valence electrons. The van der Waals surface area contributed by atoms with Crippen molar-refractivity contribution in [1.82, 2.24) is 21.4 Å². The van der Waals surface area contributed by atoms with Gasteiger partial charge < -0.3 is 20.5 Å². The first-order chi connectivity index (χ1) is 14.0. The molecule has 30 heavy (non-hydrogen) atoms. The molecule has 0 radical (unpaired) electrons. The number of aliphatic hydroxyl groups is 1. The van der Waals surface area contributed by atoms with E-state index in [1.807, 2.05) is 0 Å². The Balaban J connectivity index is 2.38. The molecule has 10 heteroatoms. The summed E-state index contributed by atoms with van der Waals surface area (Å²) in [4.78, 5) is 35.2. The van der Waals surface area contributed by atoms with E-state index in [4.69, 9.17) is 9.94 Å². The van der Waals surface area contributed by atoms with Gasteiger partial charge in [0.1, 0.15) is 11.6 Å². The van der Waals surface area contributed by atoms with Gasteiger partial charge in [0.25, 0.3) is 11.8 Å². The summed E-state index contributed by atoms with van der Waals surface area (Å²) >= 11 is 0. The molecule has 2 atom stereocenters. The molecule has 0 aliphatic carbocycles. The molecule has 0 spiro atoms. The number of nitrogens with one attached hydrogen (secondary N) is 4. The molecule has 0 aromatic heterocycles. The molecule has 1 aromatic rings. The SMILES string of the molecule is C[C@@H](O)[C@H](NCc1ccc(C(=O)NCCCNC(=O)OC(C)(C)C)cc1)C(=O)NO. The largest absolute Gasteiger partial charge is 0.444 e. The maximum absolute atomic E-state index is 12.2. The number of amides is 3. The number of hydroxylamine groups is 1. The van der Waals surface area contributed by atoms with Gasteiger partial charge in [-0.05, 0) is 51.8 Å². The lowest BCUT2D eigenvalue weighted by Gasteiger charge is -2.19. The van der Waals surface area contributed by atoms with E-state index in [-0.39, 0.29) is 12.5 Å². The molecule has 0 saturated carbocycles. The molecule has 0 unspecified atom stereocenters. The van der Waals surface area contributed by atoms with E-state index in [1.54, 1.807) is 45.0 Å². The maximum atomic E-state index is 12.2. The Morgan fingerprint density at radius 2 is 1.67 bits per heavy atom. The first-order valence-electron chi connectivity index (χ1n) is 9.73. The fraction of sp³-hybridized carbons (Fsp3) is 0.550. The zero-order valence-electron chi connectivity index (χ0n) is 17.8. The van der Waals surface area contributed by atoms with E-state index in [9.17, 15) is 19.5 Å². The van der Waals surface area contributed by atoms with Gasteiger partial charge in [-0.2, -0.15) is 0 Å². The summed E-state index contributed by atoms with van der Waals surface area (Å²) in [5.41, 5.74) is 2.22. The maximum Gasteiger partial charge on any atom is 0.407 e. The van der Waals surface area contributed by atoms with Crippen molar-refractivity contribution in [2.24, 2.45) is 0 Å². The van der Waals surface area contributed by atoms with Gasteiger partial charge in [0.2, 0.25) is 0 Å². The number of ether oxygens (including phenoxy) is 1. The van der Waals surface area contributed by atoms with Crippen LogP contribution in [-0.4, -0.2) is 59.1 Å². The van der Waals surface area contributed by atoms with Crippen LogP contribution >= 0.6 is 0 Å². The Morgan fingerprint density at radius 3 is 2.20 bits per heavy atom. The Bertz CT molecular complexity index is 700. The van der Waals surface area contributed by atoms with Crippen LogP contribution in [0.5, 0.6) is 0 Å². The number of alkyl carbamates (subject to hydrolysis) is 1. The summed E-state index contributed by atoms with van der Waals surface area (Å²) in [6.07, 6.45) is -0.931. The zero-order valence-corrected chi connectivity index (χ0v) is 17.8. The number of hydrogen-bond donors (Lipinski definition) is 6. The first-order valence-corrected chi connectivity index (χ1v) is 9.73. The second kappa shape index (κ2) is 12.1. The van der Waals surface area contributed by atoms with Crippen LogP contribution in [0.4, 0.5) is 4.79 Å². The predicted octanol–water partition coefficient (Wildman–Crippen LogP) is 0.676. The van der Waals surface area contributed by atoms with Crippen LogP contribution < -0.4 is 21.4 Å². The highest BCUT2D eigenvalue weighted by Gasteiger charge is 2.22. The van der Waals surface area contributed by atoms with Crippen LogP contribution in [0.2, 0.25) is 0 Å². The average molecular weight is 424 g/mol. The molecule has 6 N–H and O–H groups in total. The van der Waals surface area contributed by atoms with Crippen molar-refractivity contribution in [3.05, 3.63) is 35.4 Å². The van der Waals surface area contributed by atoms with E-state index in [1.165, 1.54) is 12.4 Å². The molecular formula is C20H32N4O6. The highest BCUT2D eigenvalue weighted by molar-refractivity contribution is 5.94. The lowest BCUT2D eigenvalue weighted by molar-refractivity contribution is -0.134. The molecule has 0 saturated heterocycles. The quantitative estimate of drug-likeness (QED) is 0.184. The van der Waals surface area contributed by atoms with Crippen molar-refractivity contribution in [2.75, 3.05) is 13.1 Å². The van der Waals surface area contributed by atoms with Crippen molar-refractivity contribution in [3.8, 4) is 0 Å². The third-order valence-corrected chi connectivity index (χ3v) is 3.92. The van der Waals surface area contributed by atoms with Gasteiger partial charge in [-0.25, -0.2) is 10.3 Å². The van der Waals surface area contributed by atoms with Gasteiger partial charge in [-0.3, -0.25) is 20.1 Å². The van der Waals surface area contributed by atoms with Crippen molar-refractivity contribution in [1.29, 1.82) is 0 Å². The summed E-state index contributed by atoms with van der Waals surface area (Å²) in [6, 6.07) is 5.78. The minimum atomic E-state index is -0.994. The van der Waals surface area contributed by atoms with Gasteiger partial charge >= 0.3 is 6.09 Å². The third kappa shape index (κ3) is 9.68. The van der Waals surface area contributed by atoms with Crippen LogP contribution in [0.3, 0.4) is 0 Å². The number of carbonyl (C=O) groups excluding carboxylic acids is 3. The van der Waals surface area contributed by atoms with Gasteiger partial charge in [0, 0.05) is 25.2 Å². The van der Waals surface area contributed by atoms with Crippen molar-refractivity contribution in [2.45, 2.75) is 58.4 Å². The highest BCUT2D eigenvalue weighted by atomic mass is 16.6. The number of rotatable bonds is 10. The van der Waals surface area contributed by atoms with E-state index >= 15 is 0 Å². The molecule has 3 amide bonds. The van der Waals surface area contributed by atoms with Gasteiger partial charge in [0.05, 0.1) is 6.10 Å². The normalized spacial score (nSPS) is 13.1. The van der Waals surface area contributed by atoms with Crippen molar-refractivity contribution < 1.29 is 29.4 Å². The first kappa shape index (κ1) is 25.3. The molecule has 0 aliphatic rings. The Morgan fingerprint density at radius 1 is 1.07 bits per heavy atom. The summed E-state index contributed by atoms with van der Waals surface area (Å²) < 4.78 is 5.12. The average Bonchev–Trinajstić information content (AvgIpc) is 2.66. The standard InChI is InChI=1S/C20H32N4O6/c1-13(25)16(18(27)24-29)23-12-14-6-8-15(9-7-14)17(26)21-10-5-11-22-19(28)30-20(2,3)4/h6-9,13,16,23,25,29H,5,10-12H2,1-4H3,(H,21,26)(H,22,28)(H,24,27)/t13-,16+/m1/s1. The molecule has 0 bridgehead atoms. The van der Waals surface area contributed by atoms with E-state index in [0.717, 1.165) is 5.56 Å². The van der Waals surface area contributed by atoms with Crippen LogP contribution in [0.25, 0.3) is 0 Å². The molecule has 10 nitrogen and oxygen atoms in total. The minimum Gasteiger partial charge on any atom is -0.444 e. The molecule has 0 aliphatic heterocycles. The van der Waals surface area contributed by atoms with Crippen molar-refractivity contribution in [3.63, 3.8) is 0 Å². The van der Waals surface area contributed by atoms with Crippen LogP contribution in [0.15, 0.2) is 24.3 Å². The van der Waals surface area contributed by atoms with Crippen LogP contribution in [0.1, 0.15) is 50.0 Å². The zero-order chi connectivity index (χ0) is 22.7. The monoisotopic (exact) mass is 424 g/mol. The Kier molecular flexibility index (Phi) is 10.2. The summed E-state index contributed by atoms with van der Waals surface area (Å²) in [6.45, 7) is 7.82. The van der Waals surface area contributed by atoms with Gasteiger partial charge in [-0.1, -0.05) is 12.1 Å². The number of carbonyl (C=O) groups is 3. The number of aliphatic hydroxyl groups excluding tert-OH is 1. The van der Waals surface area contributed by atoms with E-state index in [2.05, 4.69) is 16.0 Å². The second-order valence-electron chi connectivity index (χ2n) is 7.81. The molecule has 0 heterocycles. The topological polar surface area (TPSA) is 149 Å². The molecule has 1 rings (SSSR count). The summed E-state index contributed by atoms with van der Waals surface area (Å²) in [5, 5.41) is 26.5. The van der Waals surface area contributed by atoms with Crippen LogP contribution in [-0.2, 0) is 16.1 Å². The highest BCUT2D eigenvalue weighted by Crippen LogP contribution is 2.07. The Labute approximate surface area is 176 Å². The fourth-order valence-electron chi connectivity index (χ4n) is 2.45. The third-order valence-electron chi connectivity index (χ3n) is 3.92. The van der Waals surface area contributed by atoms with Gasteiger partial charge in [0.15, 0.2) is 0 Å². The molecule has 0 fully saturated rings. The number of benzene rings is 1. The lowest BCUT2D eigenvalue weighted by Crippen LogP contribution is -2.49. The van der Waals surface area contributed by atoms with E-state index in [0.29, 0.717) is 25.1 Å². The summed E-state index contributed by atoms with van der Waals surface area (Å²) in [7, 11) is 0. The number of hydrogen-bond acceptors (Lipinski definition) is 7. The van der Waals surface area contributed by atoms with Gasteiger partial charge in [-0.15, -0.1) is 0 Å². The smallest absolute Gasteiger partial charge is 0.407 e. The fourth-order valence-corrected chi connectivity index (χ4v) is 2.45. The summed E-state index contributed by atoms with van der Waals surface area (Å²) in [5.74, 6) is -0.976. The minimum absolute atomic E-state index is 0.242. The lowest BCUT2D eigenvalue weighted by atomic mass is 10.1. The van der Waals surface area contributed by atoms with Crippen LogP contribution in [0, 0.1) is 0 Å². The Hall–Kier alpha value is -2.69. The van der Waals surface area contributed by atoms with Crippen molar-refractivity contribution >= 4 is 17.9 Å². The second-order valence-corrected chi connectivity index (χ2v) is 7.81. The van der Waals surface area contributed by atoms with E-state index < -0.39 is 29.7 Å². The predicted molar refractivity (Wildman–Crippen MR) is 110 cm³/mol. The molecular weight excluding hydrogens is 392 g/mol.